The first-order chi connectivity index (χ1) is 8.61. The van der Waals surface area contributed by atoms with Crippen LogP contribution in [0.4, 0.5) is 0 Å². The number of rotatable bonds is 9. The van der Waals surface area contributed by atoms with Gasteiger partial charge in [0.1, 0.15) is 0 Å². The van der Waals surface area contributed by atoms with Crippen molar-refractivity contribution in [3.8, 4) is 0 Å². The van der Waals surface area contributed by atoms with Gasteiger partial charge in [0.25, 0.3) is 0 Å². The molecule has 1 aromatic rings. The second-order valence-electron chi connectivity index (χ2n) is 4.72. The van der Waals surface area contributed by atoms with Gasteiger partial charge in [-0.15, -0.1) is 11.3 Å². The van der Waals surface area contributed by atoms with Crippen LogP contribution in [0.15, 0.2) is 12.1 Å². The Labute approximate surface area is 113 Å². The minimum atomic E-state index is -0.694. The Morgan fingerprint density at radius 1 is 1.39 bits per heavy atom. The van der Waals surface area contributed by atoms with Crippen LogP contribution in [0.25, 0.3) is 0 Å². The van der Waals surface area contributed by atoms with Crippen LogP contribution in [0.2, 0.25) is 0 Å². The molecule has 1 rings (SSSR count). The number of thiophene rings is 1. The van der Waals surface area contributed by atoms with Gasteiger partial charge in [0.2, 0.25) is 0 Å². The van der Waals surface area contributed by atoms with E-state index >= 15 is 0 Å². The van der Waals surface area contributed by atoms with Gasteiger partial charge in [0.15, 0.2) is 0 Å². The third kappa shape index (κ3) is 6.17. The lowest BCUT2D eigenvalue weighted by molar-refractivity contribution is -0.137. The Balaban J connectivity index is 2.09. The number of hydrogen-bond acceptors (Lipinski definition) is 3. The number of nitrogens with one attached hydrogen (secondary N) is 1. The third-order valence-electron chi connectivity index (χ3n) is 3.03. The van der Waals surface area contributed by atoms with Crippen LogP contribution in [0.3, 0.4) is 0 Å². The van der Waals surface area contributed by atoms with Crippen molar-refractivity contribution in [2.24, 2.45) is 5.92 Å². The van der Waals surface area contributed by atoms with Gasteiger partial charge in [0, 0.05) is 22.7 Å². The molecule has 0 bridgehead atoms. The van der Waals surface area contributed by atoms with Gasteiger partial charge in [-0.2, -0.15) is 0 Å². The van der Waals surface area contributed by atoms with Gasteiger partial charge in [-0.3, -0.25) is 4.79 Å². The highest BCUT2D eigenvalue weighted by atomic mass is 32.1. The van der Waals surface area contributed by atoms with Gasteiger partial charge < -0.3 is 10.4 Å². The largest absolute Gasteiger partial charge is 0.481 e. The van der Waals surface area contributed by atoms with E-state index in [9.17, 15) is 4.79 Å². The van der Waals surface area contributed by atoms with Crippen molar-refractivity contribution in [1.29, 1.82) is 0 Å². The summed E-state index contributed by atoms with van der Waals surface area (Å²) in [5, 5.41) is 12.0. The predicted molar refractivity (Wildman–Crippen MR) is 76.1 cm³/mol. The number of aryl methyl sites for hydroxylation is 1. The minimum absolute atomic E-state index is 0.284. The van der Waals surface area contributed by atoms with Crippen molar-refractivity contribution in [2.45, 2.75) is 46.1 Å². The summed E-state index contributed by atoms with van der Waals surface area (Å²) in [6, 6.07) is 4.38. The Morgan fingerprint density at radius 3 is 2.72 bits per heavy atom. The van der Waals surface area contributed by atoms with E-state index in [0.717, 1.165) is 32.4 Å². The van der Waals surface area contributed by atoms with Crippen molar-refractivity contribution in [3.63, 3.8) is 0 Å². The molecular weight excluding hydrogens is 246 g/mol. The summed E-state index contributed by atoms with van der Waals surface area (Å²) in [6.07, 6.45) is 3.21. The molecule has 1 heterocycles. The predicted octanol–water partition coefficient (Wildman–Crippen LogP) is 3.29. The molecule has 102 valence electrons. The molecule has 1 unspecified atom stereocenters. The first-order valence-electron chi connectivity index (χ1n) is 6.62. The molecule has 0 amide bonds. The Kier molecular flexibility index (Phi) is 6.98. The summed E-state index contributed by atoms with van der Waals surface area (Å²) >= 11 is 1.87. The molecule has 0 saturated heterocycles. The minimum Gasteiger partial charge on any atom is -0.481 e. The highest BCUT2D eigenvalue weighted by Crippen LogP contribution is 2.16. The molecular formula is C14H23NO2S. The topological polar surface area (TPSA) is 49.3 Å². The van der Waals surface area contributed by atoms with Crippen LogP contribution >= 0.6 is 11.3 Å². The normalized spacial score (nSPS) is 12.6. The van der Waals surface area contributed by atoms with Crippen molar-refractivity contribution in [2.75, 3.05) is 6.54 Å². The number of carboxylic acid groups (broad SMARTS) is 1. The van der Waals surface area contributed by atoms with E-state index in [-0.39, 0.29) is 6.42 Å². The Hall–Kier alpha value is -0.870. The molecule has 0 saturated carbocycles. The van der Waals surface area contributed by atoms with E-state index in [1.54, 1.807) is 0 Å². The van der Waals surface area contributed by atoms with Crippen molar-refractivity contribution < 1.29 is 9.90 Å². The number of carbonyl (C=O) groups is 1. The van der Waals surface area contributed by atoms with E-state index in [1.165, 1.54) is 9.75 Å². The van der Waals surface area contributed by atoms with E-state index in [1.807, 2.05) is 11.3 Å². The monoisotopic (exact) mass is 269 g/mol. The summed E-state index contributed by atoms with van der Waals surface area (Å²) in [5.41, 5.74) is 0. The van der Waals surface area contributed by atoms with Crippen molar-refractivity contribution in [3.05, 3.63) is 21.9 Å². The first-order valence-corrected chi connectivity index (χ1v) is 7.43. The number of carboxylic acids is 1. The van der Waals surface area contributed by atoms with Crippen molar-refractivity contribution >= 4 is 17.3 Å². The van der Waals surface area contributed by atoms with Gasteiger partial charge in [-0.25, -0.2) is 0 Å². The van der Waals surface area contributed by atoms with Crippen LogP contribution < -0.4 is 5.32 Å². The first kappa shape index (κ1) is 15.2. The maximum Gasteiger partial charge on any atom is 0.303 e. The average Bonchev–Trinajstić information content (AvgIpc) is 2.80. The molecule has 0 fully saturated rings. The van der Waals surface area contributed by atoms with Crippen molar-refractivity contribution in [1.82, 2.24) is 5.32 Å². The molecule has 18 heavy (non-hydrogen) atoms. The van der Waals surface area contributed by atoms with E-state index in [2.05, 4.69) is 31.3 Å². The van der Waals surface area contributed by atoms with E-state index < -0.39 is 5.97 Å². The van der Waals surface area contributed by atoms with Crippen LogP contribution in [0.1, 0.15) is 42.9 Å². The lowest BCUT2D eigenvalue weighted by Gasteiger charge is -2.10. The van der Waals surface area contributed by atoms with E-state index in [4.69, 9.17) is 5.11 Å². The third-order valence-corrected chi connectivity index (χ3v) is 4.26. The smallest absolute Gasteiger partial charge is 0.303 e. The highest BCUT2D eigenvalue weighted by molar-refractivity contribution is 7.11. The fraction of sp³-hybridized carbons (Fsp3) is 0.643. The second kappa shape index (κ2) is 8.27. The molecule has 0 aliphatic heterocycles. The fourth-order valence-corrected chi connectivity index (χ4v) is 2.71. The van der Waals surface area contributed by atoms with Crippen LogP contribution in [0.5, 0.6) is 0 Å². The zero-order chi connectivity index (χ0) is 13.4. The zero-order valence-electron chi connectivity index (χ0n) is 11.2. The summed E-state index contributed by atoms with van der Waals surface area (Å²) in [6.45, 7) is 6.18. The molecule has 4 heteroatoms. The molecule has 0 spiro atoms. The molecule has 0 aliphatic rings. The molecule has 3 nitrogen and oxygen atoms in total. The highest BCUT2D eigenvalue weighted by Gasteiger charge is 2.05. The van der Waals surface area contributed by atoms with Gasteiger partial charge in [-0.1, -0.05) is 13.8 Å². The summed E-state index contributed by atoms with van der Waals surface area (Å²) in [7, 11) is 0. The number of hydrogen-bond donors (Lipinski definition) is 2. The molecule has 0 aromatic carbocycles. The van der Waals surface area contributed by atoms with Gasteiger partial charge >= 0.3 is 5.97 Å². The molecule has 0 radical (unpaired) electrons. The van der Waals surface area contributed by atoms with Gasteiger partial charge in [-0.05, 0) is 43.9 Å². The SMILES string of the molecule is CCc1ccc(CNCCC(C)CCC(=O)O)s1. The standard InChI is InChI=1S/C14H23NO2S/c1-3-12-5-6-13(18-12)10-15-9-8-11(2)4-7-14(16)17/h5-6,11,15H,3-4,7-10H2,1-2H3,(H,16,17). The summed E-state index contributed by atoms with van der Waals surface area (Å²) < 4.78 is 0. The molecule has 1 aromatic heterocycles. The summed E-state index contributed by atoms with van der Waals surface area (Å²) in [5.74, 6) is -0.219. The molecule has 2 N–H and O–H groups in total. The lowest BCUT2D eigenvalue weighted by Crippen LogP contribution is -2.16. The van der Waals surface area contributed by atoms with E-state index in [0.29, 0.717) is 5.92 Å². The second-order valence-corrected chi connectivity index (χ2v) is 5.98. The van der Waals surface area contributed by atoms with Crippen LogP contribution in [0, 0.1) is 5.92 Å². The Morgan fingerprint density at radius 2 is 2.11 bits per heavy atom. The van der Waals surface area contributed by atoms with Crippen LogP contribution in [-0.2, 0) is 17.8 Å². The maximum atomic E-state index is 10.4. The molecule has 0 aliphatic carbocycles. The maximum absolute atomic E-state index is 10.4. The summed E-state index contributed by atoms with van der Waals surface area (Å²) in [4.78, 5) is 13.2. The number of aliphatic carboxylic acids is 1. The zero-order valence-corrected chi connectivity index (χ0v) is 12.1. The quantitative estimate of drug-likeness (QED) is 0.676. The average molecular weight is 269 g/mol. The fourth-order valence-electron chi connectivity index (χ4n) is 1.78. The lowest BCUT2D eigenvalue weighted by atomic mass is 10.0. The van der Waals surface area contributed by atoms with Gasteiger partial charge in [0.05, 0.1) is 0 Å². The van der Waals surface area contributed by atoms with Crippen LogP contribution in [-0.4, -0.2) is 17.6 Å². The molecule has 1 atom stereocenters. The Bertz CT molecular complexity index is 362.